The number of hydrogen-bond acceptors (Lipinski definition) is 3. The molecule has 17 heavy (non-hydrogen) atoms. The first-order chi connectivity index (χ1) is 8.33. The molecule has 2 heterocycles. The van der Waals surface area contributed by atoms with Gasteiger partial charge in [-0.25, -0.2) is 9.97 Å². The van der Waals surface area contributed by atoms with Crippen molar-refractivity contribution in [1.29, 1.82) is 0 Å². The Morgan fingerprint density at radius 3 is 3.00 bits per heavy atom. The molecule has 0 aliphatic heterocycles. The van der Waals surface area contributed by atoms with Gasteiger partial charge < -0.3 is 5.32 Å². The van der Waals surface area contributed by atoms with Gasteiger partial charge in [0.15, 0.2) is 0 Å². The molecule has 4 nitrogen and oxygen atoms in total. The van der Waals surface area contributed by atoms with Gasteiger partial charge in [-0.15, -0.1) is 0 Å². The Morgan fingerprint density at radius 2 is 2.29 bits per heavy atom. The number of pyridine rings is 1. The van der Waals surface area contributed by atoms with E-state index in [1.54, 1.807) is 6.20 Å². The monoisotopic (exact) mass is 228 g/mol. The molecule has 1 N–H and O–H groups in total. The fraction of sp³-hybridized carbons (Fsp3) is 0.385. The van der Waals surface area contributed by atoms with Crippen molar-refractivity contribution >= 4 is 5.95 Å². The van der Waals surface area contributed by atoms with E-state index in [1.807, 2.05) is 35.9 Å². The van der Waals surface area contributed by atoms with Gasteiger partial charge in [0.05, 0.1) is 5.69 Å². The summed E-state index contributed by atoms with van der Waals surface area (Å²) in [7, 11) is 0. The van der Waals surface area contributed by atoms with E-state index in [0.29, 0.717) is 0 Å². The standard InChI is InChI=1S/C13H16N4/c1-10-9-17(12-4-2-3-7-14-12)13(16-10)15-8-11-5-6-11/h2-4,7,9,11H,5-6,8H2,1H3,(H,15,16). The molecule has 0 atom stereocenters. The quantitative estimate of drug-likeness (QED) is 0.873. The van der Waals surface area contributed by atoms with E-state index in [9.17, 15) is 0 Å². The molecule has 88 valence electrons. The minimum atomic E-state index is 0.837. The van der Waals surface area contributed by atoms with Crippen molar-refractivity contribution in [3.63, 3.8) is 0 Å². The van der Waals surface area contributed by atoms with Gasteiger partial charge in [-0.1, -0.05) is 6.07 Å². The largest absolute Gasteiger partial charge is 0.355 e. The number of aromatic nitrogens is 3. The van der Waals surface area contributed by atoms with Crippen LogP contribution in [0, 0.1) is 12.8 Å². The number of aryl methyl sites for hydroxylation is 1. The summed E-state index contributed by atoms with van der Waals surface area (Å²) in [6, 6.07) is 5.90. The molecule has 1 fully saturated rings. The molecule has 2 aromatic rings. The third-order valence-electron chi connectivity index (χ3n) is 2.97. The molecule has 3 rings (SSSR count). The highest BCUT2D eigenvalue weighted by atomic mass is 15.2. The highest BCUT2D eigenvalue weighted by molar-refractivity contribution is 5.39. The van der Waals surface area contributed by atoms with Gasteiger partial charge in [-0.05, 0) is 37.8 Å². The van der Waals surface area contributed by atoms with Crippen molar-refractivity contribution in [2.24, 2.45) is 5.92 Å². The molecular formula is C13H16N4. The van der Waals surface area contributed by atoms with E-state index in [-0.39, 0.29) is 0 Å². The zero-order valence-corrected chi connectivity index (χ0v) is 9.93. The predicted molar refractivity (Wildman–Crippen MR) is 67.3 cm³/mol. The van der Waals surface area contributed by atoms with Gasteiger partial charge in [0.1, 0.15) is 5.82 Å². The van der Waals surface area contributed by atoms with Crippen LogP contribution in [0.1, 0.15) is 18.5 Å². The van der Waals surface area contributed by atoms with Gasteiger partial charge in [0, 0.05) is 18.9 Å². The zero-order valence-electron chi connectivity index (χ0n) is 9.93. The molecule has 0 radical (unpaired) electrons. The molecule has 0 bridgehead atoms. The van der Waals surface area contributed by atoms with Gasteiger partial charge in [0.25, 0.3) is 0 Å². The van der Waals surface area contributed by atoms with Gasteiger partial charge in [0.2, 0.25) is 5.95 Å². The van der Waals surface area contributed by atoms with Crippen molar-refractivity contribution in [1.82, 2.24) is 14.5 Å². The van der Waals surface area contributed by atoms with Gasteiger partial charge in [-0.2, -0.15) is 0 Å². The summed E-state index contributed by atoms with van der Waals surface area (Å²) in [4.78, 5) is 8.85. The van der Waals surface area contributed by atoms with Crippen LogP contribution in [0.5, 0.6) is 0 Å². The average Bonchev–Trinajstić information content (AvgIpc) is 3.11. The van der Waals surface area contributed by atoms with Crippen molar-refractivity contribution in [3.8, 4) is 5.82 Å². The summed E-state index contributed by atoms with van der Waals surface area (Å²) in [5.74, 6) is 2.64. The number of rotatable bonds is 4. The number of nitrogens with zero attached hydrogens (tertiary/aromatic N) is 3. The molecule has 0 saturated heterocycles. The number of hydrogen-bond donors (Lipinski definition) is 1. The van der Waals surface area contributed by atoms with E-state index < -0.39 is 0 Å². The smallest absolute Gasteiger partial charge is 0.208 e. The van der Waals surface area contributed by atoms with Crippen LogP contribution in [-0.2, 0) is 0 Å². The Kier molecular flexibility index (Phi) is 2.55. The number of anilines is 1. The summed E-state index contributed by atoms with van der Waals surface area (Å²) in [6.45, 7) is 3.02. The normalized spacial score (nSPS) is 14.9. The minimum absolute atomic E-state index is 0.837. The van der Waals surface area contributed by atoms with Crippen molar-refractivity contribution in [3.05, 3.63) is 36.3 Å². The Labute approximate surface area is 101 Å². The maximum absolute atomic E-state index is 4.50. The Hall–Kier alpha value is -1.84. The van der Waals surface area contributed by atoms with E-state index in [2.05, 4.69) is 15.3 Å². The van der Waals surface area contributed by atoms with Crippen molar-refractivity contribution in [2.75, 3.05) is 11.9 Å². The lowest BCUT2D eigenvalue weighted by Crippen LogP contribution is -2.09. The Morgan fingerprint density at radius 1 is 1.41 bits per heavy atom. The first-order valence-electron chi connectivity index (χ1n) is 6.04. The molecule has 1 saturated carbocycles. The minimum Gasteiger partial charge on any atom is -0.355 e. The second-order valence-electron chi connectivity index (χ2n) is 4.59. The van der Waals surface area contributed by atoms with Crippen LogP contribution in [0.15, 0.2) is 30.6 Å². The number of imidazole rings is 1. The van der Waals surface area contributed by atoms with Crippen LogP contribution in [0.25, 0.3) is 5.82 Å². The second-order valence-corrected chi connectivity index (χ2v) is 4.59. The first kappa shape index (κ1) is 10.3. The van der Waals surface area contributed by atoms with E-state index >= 15 is 0 Å². The second kappa shape index (κ2) is 4.20. The summed E-state index contributed by atoms with van der Waals surface area (Å²) in [5, 5.41) is 3.41. The van der Waals surface area contributed by atoms with Crippen LogP contribution >= 0.6 is 0 Å². The van der Waals surface area contributed by atoms with Crippen LogP contribution in [0.3, 0.4) is 0 Å². The van der Waals surface area contributed by atoms with Crippen LogP contribution in [0.4, 0.5) is 5.95 Å². The maximum atomic E-state index is 4.50. The van der Waals surface area contributed by atoms with E-state index in [0.717, 1.165) is 29.9 Å². The number of nitrogens with one attached hydrogen (secondary N) is 1. The molecule has 4 heteroatoms. The molecule has 0 spiro atoms. The molecule has 0 unspecified atom stereocenters. The van der Waals surface area contributed by atoms with E-state index in [1.165, 1.54) is 12.8 Å². The highest BCUT2D eigenvalue weighted by Gasteiger charge is 2.21. The van der Waals surface area contributed by atoms with Crippen LogP contribution in [-0.4, -0.2) is 21.1 Å². The summed E-state index contributed by atoms with van der Waals surface area (Å²) >= 11 is 0. The van der Waals surface area contributed by atoms with Gasteiger partial charge >= 0.3 is 0 Å². The average molecular weight is 228 g/mol. The first-order valence-corrected chi connectivity index (χ1v) is 6.04. The molecule has 0 aromatic carbocycles. The summed E-state index contributed by atoms with van der Waals surface area (Å²) < 4.78 is 2.01. The third kappa shape index (κ3) is 2.30. The summed E-state index contributed by atoms with van der Waals surface area (Å²) in [5.41, 5.74) is 1.01. The summed E-state index contributed by atoms with van der Waals surface area (Å²) in [6.07, 6.45) is 6.50. The predicted octanol–water partition coefficient (Wildman–Crippen LogP) is 2.40. The third-order valence-corrected chi connectivity index (χ3v) is 2.97. The molecule has 1 aliphatic carbocycles. The lowest BCUT2D eigenvalue weighted by atomic mass is 10.4. The molecule has 1 aliphatic rings. The lowest BCUT2D eigenvalue weighted by Gasteiger charge is -2.07. The zero-order chi connectivity index (χ0) is 11.7. The molecule has 0 amide bonds. The molecule has 2 aromatic heterocycles. The van der Waals surface area contributed by atoms with Crippen molar-refractivity contribution < 1.29 is 0 Å². The SMILES string of the molecule is Cc1cn(-c2ccccn2)c(NCC2CC2)n1. The fourth-order valence-electron chi connectivity index (χ4n) is 1.85. The van der Waals surface area contributed by atoms with Crippen molar-refractivity contribution in [2.45, 2.75) is 19.8 Å². The topological polar surface area (TPSA) is 42.7 Å². The fourth-order valence-corrected chi connectivity index (χ4v) is 1.85. The molecular weight excluding hydrogens is 212 g/mol. The Balaban J connectivity index is 1.86. The highest BCUT2D eigenvalue weighted by Crippen LogP contribution is 2.29. The van der Waals surface area contributed by atoms with E-state index in [4.69, 9.17) is 0 Å². The van der Waals surface area contributed by atoms with Crippen LogP contribution < -0.4 is 5.32 Å². The Bertz CT molecular complexity index is 499. The lowest BCUT2D eigenvalue weighted by molar-refractivity contribution is 0.862. The van der Waals surface area contributed by atoms with Crippen LogP contribution in [0.2, 0.25) is 0 Å². The maximum Gasteiger partial charge on any atom is 0.208 e. The van der Waals surface area contributed by atoms with Gasteiger partial charge in [-0.3, -0.25) is 4.57 Å².